The summed E-state index contributed by atoms with van der Waals surface area (Å²) >= 11 is 0. The first-order chi connectivity index (χ1) is 8.91. The van der Waals surface area contributed by atoms with E-state index < -0.39 is 18.7 Å². The van der Waals surface area contributed by atoms with Gasteiger partial charge in [-0.15, -0.1) is 13.2 Å². The summed E-state index contributed by atoms with van der Waals surface area (Å²) in [6.07, 6.45) is -5.49. The lowest BCUT2D eigenvalue weighted by molar-refractivity contribution is -0.274. The maximum atomic E-state index is 12.1. The number of nitrogens with one attached hydrogen (secondary N) is 1. The molecular weight excluding hydrogens is 265 g/mol. The Labute approximate surface area is 108 Å². The Balaban J connectivity index is 2.96. The largest absolute Gasteiger partial charge is 0.573 e. The normalized spacial score (nSPS) is 13.6. The van der Waals surface area contributed by atoms with Gasteiger partial charge in [0.1, 0.15) is 5.75 Å². The van der Waals surface area contributed by atoms with E-state index in [0.29, 0.717) is 5.56 Å². The second-order valence-electron chi connectivity index (χ2n) is 3.60. The standard InChI is InChI=1S/C11H15F3N2O3/c1-17-10(18-2)9(16-15)7-4-3-5-8(6-7)19-11(12,13)14/h3-6,9-10,16H,15H2,1-2H3. The molecule has 0 aliphatic heterocycles. The van der Waals surface area contributed by atoms with Crippen molar-refractivity contribution in [2.45, 2.75) is 18.7 Å². The summed E-state index contributed by atoms with van der Waals surface area (Å²) in [5.41, 5.74) is 2.87. The number of methoxy groups -OCH3 is 2. The van der Waals surface area contributed by atoms with Gasteiger partial charge in [0.15, 0.2) is 6.29 Å². The smallest absolute Gasteiger partial charge is 0.406 e. The summed E-state index contributed by atoms with van der Waals surface area (Å²) in [7, 11) is 2.79. The highest BCUT2D eigenvalue weighted by Crippen LogP contribution is 2.27. The van der Waals surface area contributed by atoms with E-state index in [0.717, 1.165) is 0 Å². The molecule has 0 aromatic heterocycles. The fraction of sp³-hybridized carbons (Fsp3) is 0.455. The number of nitrogens with two attached hydrogens (primary N) is 1. The molecule has 8 heteroatoms. The number of rotatable bonds is 6. The van der Waals surface area contributed by atoms with Crippen molar-refractivity contribution < 1.29 is 27.4 Å². The van der Waals surface area contributed by atoms with Crippen molar-refractivity contribution in [2.75, 3.05) is 14.2 Å². The molecule has 3 N–H and O–H groups in total. The Kier molecular flexibility index (Phi) is 5.55. The molecule has 5 nitrogen and oxygen atoms in total. The van der Waals surface area contributed by atoms with Crippen LogP contribution in [0.25, 0.3) is 0 Å². The predicted octanol–water partition coefficient (Wildman–Crippen LogP) is 1.71. The van der Waals surface area contributed by atoms with Crippen LogP contribution in [-0.2, 0) is 9.47 Å². The minimum absolute atomic E-state index is 0.337. The Bertz CT molecular complexity index is 397. The van der Waals surface area contributed by atoms with E-state index in [1.54, 1.807) is 6.07 Å². The van der Waals surface area contributed by atoms with Gasteiger partial charge in [-0.25, -0.2) is 5.43 Å². The molecule has 1 aromatic rings. The van der Waals surface area contributed by atoms with E-state index in [2.05, 4.69) is 10.2 Å². The molecule has 0 aliphatic rings. The van der Waals surface area contributed by atoms with Crippen molar-refractivity contribution >= 4 is 0 Å². The van der Waals surface area contributed by atoms with Gasteiger partial charge in [0.2, 0.25) is 0 Å². The van der Waals surface area contributed by atoms with Crippen LogP contribution in [0.2, 0.25) is 0 Å². The van der Waals surface area contributed by atoms with Crippen molar-refractivity contribution in [1.82, 2.24) is 5.43 Å². The number of hydrogen-bond acceptors (Lipinski definition) is 5. The number of ether oxygens (including phenoxy) is 3. The summed E-state index contributed by atoms with van der Waals surface area (Å²) in [4.78, 5) is 0. The van der Waals surface area contributed by atoms with Gasteiger partial charge in [0.25, 0.3) is 0 Å². The SMILES string of the molecule is COC(OC)C(NN)c1cccc(OC(F)(F)F)c1. The van der Waals surface area contributed by atoms with Crippen molar-refractivity contribution in [3.63, 3.8) is 0 Å². The minimum atomic E-state index is -4.74. The Morgan fingerprint density at radius 3 is 2.32 bits per heavy atom. The fourth-order valence-electron chi connectivity index (χ4n) is 1.61. The second kappa shape index (κ2) is 6.71. The molecule has 0 aliphatic carbocycles. The van der Waals surface area contributed by atoms with E-state index in [4.69, 9.17) is 15.3 Å². The van der Waals surface area contributed by atoms with Crippen LogP contribution in [0.1, 0.15) is 11.6 Å². The zero-order valence-corrected chi connectivity index (χ0v) is 10.4. The third-order valence-corrected chi connectivity index (χ3v) is 2.37. The number of hydrazine groups is 1. The Morgan fingerprint density at radius 1 is 1.21 bits per heavy atom. The van der Waals surface area contributed by atoms with Crippen LogP contribution in [0.3, 0.4) is 0 Å². The number of halogens is 3. The second-order valence-corrected chi connectivity index (χ2v) is 3.60. The van der Waals surface area contributed by atoms with Crippen molar-refractivity contribution in [2.24, 2.45) is 5.84 Å². The van der Waals surface area contributed by atoms with Crippen molar-refractivity contribution in [1.29, 1.82) is 0 Å². The molecule has 0 bridgehead atoms. The first-order valence-corrected chi connectivity index (χ1v) is 5.28. The summed E-state index contributed by atoms with van der Waals surface area (Å²) in [6, 6.07) is 4.77. The van der Waals surface area contributed by atoms with Crippen LogP contribution in [0.15, 0.2) is 24.3 Å². The topological polar surface area (TPSA) is 65.7 Å². The van der Waals surface area contributed by atoms with Crippen LogP contribution in [0.5, 0.6) is 5.75 Å². The molecule has 0 heterocycles. The predicted molar refractivity (Wildman–Crippen MR) is 61.0 cm³/mol. The van der Waals surface area contributed by atoms with Crippen LogP contribution >= 0.6 is 0 Å². The molecule has 0 amide bonds. The summed E-state index contributed by atoms with van der Waals surface area (Å²) in [5.74, 6) is 5.02. The van der Waals surface area contributed by atoms with E-state index >= 15 is 0 Å². The third-order valence-electron chi connectivity index (χ3n) is 2.37. The fourth-order valence-corrected chi connectivity index (χ4v) is 1.61. The molecule has 0 saturated heterocycles. The molecule has 1 aromatic carbocycles. The zero-order valence-electron chi connectivity index (χ0n) is 10.4. The molecule has 1 rings (SSSR count). The summed E-state index contributed by atoms with van der Waals surface area (Å²) < 4.78 is 50.3. The van der Waals surface area contributed by atoms with Gasteiger partial charge in [0.05, 0.1) is 6.04 Å². The van der Waals surface area contributed by atoms with E-state index in [1.165, 1.54) is 32.4 Å². The molecule has 1 unspecified atom stereocenters. The monoisotopic (exact) mass is 280 g/mol. The van der Waals surface area contributed by atoms with Gasteiger partial charge in [0, 0.05) is 14.2 Å². The van der Waals surface area contributed by atoms with Gasteiger partial charge < -0.3 is 14.2 Å². The number of hydrogen-bond donors (Lipinski definition) is 2. The molecular formula is C11H15F3N2O3. The minimum Gasteiger partial charge on any atom is -0.406 e. The average Bonchev–Trinajstić information content (AvgIpc) is 2.34. The molecule has 0 spiro atoms. The molecule has 0 radical (unpaired) electrons. The van der Waals surface area contributed by atoms with Crippen molar-refractivity contribution in [3.05, 3.63) is 29.8 Å². The van der Waals surface area contributed by atoms with Crippen LogP contribution in [0, 0.1) is 0 Å². The van der Waals surface area contributed by atoms with Gasteiger partial charge in [-0.1, -0.05) is 12.1 Å². The lowest BCUT2D eigenvalue weighted by Gasteiger charge is -2.24. The molecule has 0 fully saturated rings. The summed E-state index contributed by atoms with van der Waals surface area (Å²) in [6.45, 7) is 0. The lowest BCUT2D eigenvalue weighted by Crippen LogP contribution is -2.38. The molecule has 108 valence electrons. The van der Waals surface area contributed by atoms with Gasteiger partial charge in [-0.05, 0) is 17.7 Å². The summed E-state index contributed by atoms with van der Waals surface area (Å²) in [5, 5.41) is 0. The zero-order chi connectivity index (χ0) is 14.5. The first-order valence-electron chi connectivity index (χ1n) is 5.28. The quantitative estimate of drug-likeness (QED) is 0.472. The van der Waals surface area contributed by atoms with Gasteiger partial charge >= 0.3 is 6.36 Å². The molecule has 1 atom stereocenters. The van der Waals surface area contributed by atoms with Crippen LogP contribution < -0.4 is 16.0 Å². The average molecular weight is 280 g/mol. The van der Waals surface area contributed by atoms with Crippen LogP contribution in [-0.4, -0.2) is 26.9 Å². The van der Waals surface area contributed by atoms with Gasteiger partial charge in [-0.3, -0.25) is 5.84 Å². The first kappa shape index (κ1) is 15.7. The Hall–Kier alpha value is -1.35. The highest BCUT2D eigenvalue weighted by atomic mass is 19.4. The molecule has 19 heavy (non-hydrogen) atoms. The lowest BCUT2D eigenvalue weighted by atomic mass is 10.1. The third kappa shape index (κ3) is 4.67. The van der Waals surface area contributed by atoms with Crippen molar-refractivity contribution in [3.8, 4) is 5.75 Å². The maximum Gasteiger partial charge on any atom is 0.573 e. The van der Waals surface area contributed by atoms with Gasteiger partial charge in [-0.2, -0.15) is 0 Å². The number of alkyl halides is 3. The van der Waals surface area contributed by atoms with E-state index in [-0.39, 0.29) is 5.75 Å². The Morgan fingerprint density at radius 2 is 1.84 bits per heavy atom. The van der Waals surface area contributed by atoms with Crippen LogP contribution in [0.4, 0.5) is 13.2 Å². The highest BCUT2D eigenvalue weighted by molar-refractivity contribution is 5.31. The maximum absolute atomic E-state index is 12.1. The van der Waals surface area contributed by atoms with E-state index in [1.807, 2.05) is 0 Å². The highest BCUT2D eigenvalue weighted by Gasteiger charge is 2.31. The van der Waals surface area contributed by atoms with E-state index in [9.17, 15) is 13.2 Å². The number of benzene rings is 1. The molecule has 0 saturated carbocycles.